The standard InChI is InChI=1S/C10H14N2O2S/c13-5-3-1-2-4-8-9-7(6-15-8)11-10(14)12-9/h4-5,7,9H,1-3,6H2,(H2,11,12,14)/b8-4+/t7?,9-/m0/s1. The van der Waals surface area contributed by atoms with Gasteiger partial charge in [0, 0.05) is 17.1 Å². The van der Waals surface area contributed by atoms with Crippen LogP contribution in [0.1, 0.15) is 19.3 Å². The van der Waals surface area contributed by atoms with Gasteiger partial charge in [0.15, 0.2) is 0 Å². The summed E-state index contributed by atoms with van der Waals surface area (Å²) < 4.78 is 0. The lowest BCUT2D eigenvalue weighted by molar-refractivity contribution is -0.107. The molecule has 15 heavy (non-hydrogen) atoms. The van der Waals surface area contributed by atoms with Gasteiger partial charge in [0.2, 0.25) is 0 Å². The SMILES string of the molecule is O=CCCC/C=C1/SCC2NC(=O)N[C@H]12. The molecule has 0 saturated carbocycles. The second-order valence-corrected chi connectivity index (χ2v) is 4.81. The molecule has 4 nitrogen and oxygen atoms in total. The molecule has 1 unspecified atom stereocenters. The number of nitrogens with one attached hydrogen (secondary N) is 2. The largest absolute Gasteiger partial charge is 0.332 e. The number of thioether (sulfide) groups is 1. The summed E-state index contributed by atoms with van der Waals surface area (Å²) in [4.78, 5) is 22.4. The van der Waals surface area contributed by atoms with Crippen LogP contribution in [0.2, 0.25) is 0 Å². The summed E-state index contributed by atoms with van der Waals surface area (Å²) in [5.74, 6) is 0.947. The molecule has 0 aliphatic carbocycles. The number of urea groups is 1. The number of amides is 2. The Morgan fingerprint density at radius 3 is 3.07 bits per heavy atom. The monoisotopic (exact) mass is 226 g/mol. The maximum absolute atomic E-state index is 11.1. The van der Waals surface area contributed by atoms with Gasteiger partial charge in [-0.05, 0) is 12.8 Å². The van der Waals surface area contributed by atoms with E-state index in [-0.39, 0.29) is 18.1 Å². The number of carbonyl (C=O) groups is 2. The average Bonchev–Trinajstić information content (AvgIpc) is 2.73. The van der Waals surface area contributed by atoms with Crippen LogP contribution < -0.4 is 10.6 Å². The molecule has 2 N–H and O–H groups in total. The molecule has 2 aliphatic rings. The summed E-state index contributed by atoms with van der Waals surface area (Å²) in [6.45, 7) is 0. The lowest BCUT2D eigenvalue weighted by Gasteiger charge is -2.07. The lowest BCUT2D eigenvalue weighted by Crippen LogP contribution is -2.30. The molecule has 2 saturated heterocycles. The summed E-state index contributed by atoms with van der Waals surface area (Å²) in [6, 6.07) is 0.350. The summed E-state index contributed by atoms with van der Waals surface area (Å²) in [6.07, 6.45) is 5.52. The first-order valence-electron chi connectivity index (χ1n) is 5.15. The minimum absolute atomic E-state index is 0.0657. The van der Waals surface area contributed by atoms with Crippen molar-refractivity contribution in [2.24, 2.45) is 0 Å². The van der Waals surface area contributed by atoms with E-state index in [1.807, 2.05) is 0 Å². The van der Waals surface area contributed by atoms with Crippen molar-refractivity contribution in [2.45, 2.75) is 31.3 Å². The molecular weight excluding hydrogens is 212 g/mol. The van der Waals surface area contributed by atoms with E-state index in [9.17, 15) is 9.59 Å². The average molecular weight is 226 g/mol. The summed E-state index contributed by atoms with van der Waals surface area (Å²) in [7, 11) is 0. The van der Waals surface area contributed by atoms with Gasteiger partial charge in [-0.25, -0.2) is 4.79 Å². The Labute approximate surface area is 92.9 Å². The Kier molecular flexibility index (Phi) is 3.30. The van der Waals surface area contributed by atoms with E-state index in [1.165, 1.54) is 4.91 Å². The van der Waals surface area contributed by atoms with Crippen molar-refractivity contribution in [3.63, 3.8) is 0 Å². The highest BCUT2D eigenvalue weighted by molar-refractivity contribution is 8.03. The number of allylic oxidation sites excluding steroid dienone is 1. The van der Waals surface area contributed by atoms with Crippen molar-refractivity contribution in [1.29, 1.82) is 0 Å². The van der Waals surface area contributed by atoms with Gasteiger partial charge in [-0.1, -0.05) is 6.08 Å². The quantitative estimate of drug-likeness (QED) is 0.428. The Bertz CT molecular complexity index is 304. The number of unbranched alkanes of at least 4 members (excludes halogenated alkanes) is 2. The zero-order chi connectivity index (χ0) is 10.7. The molecule has 2 heterocycles. The van der Waals surface area contributed by atoms with E-state index in [2.05, 4.69) is 16.7 Å². The van der Waals surface area contributed by atoms with E-state index in [4.69, 9.17) is 0 Å². The van der Waals surface area contributed by atoms with E-state index >= 15 is 0 Å². The predicted octanol–water partition coefficient (Wildman–Crippen LogP) is 1.04. The third-order valence-electron chi connectivity index (χ3n) is 2.61. The highest BCUT2D eigenvalue weighted by Gasteiger charge is 2.39. The maximum Gasteiger partial charge on any atom is 0.315 e. The summed E-state index contributed by atoms with van der Waals surface area (Å²) >= 11 is 1.79. The normalized spacial score (nSPS) is 31.2. The number of fused-ring (bicyclic) bond motifs is 1. The van der Waals surface area contributed by atoms with E-state index in [0.29, 0.717) is 6.42 Å². The molecule has 82 valence electrons. The molecule has 5 heteroatoms. The van der Waals surface area contributed by atoms with Crippen LogP contribution in [0.3, 0.4) is 0 Å². The van der Waals surface area contributed by atoms with Gasteiger partial charge < -0.3 is 15.4 Å². The zero-order valence-electron chi connectivity index (χ0n) is 8.36. The number of rotatable bonds is 4. The number of aldehydes is 1. The van der Waals surface area contributed by atoms with Crippen LogP contribution in [0, 0.1) is 0 Å². The summed E-state index contributed by atoms with van der Waals surface area (Å²) in [5, 5.41) is 5.78. The minimum Gasteiger partial charge on any atom is -0.332 e. The van der Waals surface area contributed by atoms with Gasteiger partial charge in [0.1, 0.15) is 6.29 Å². The second-order valence-electron chi connectivity index (χ2n) is 3.72. The molecule has 0 spiro atoms. The van der Waals surface area contributed by atoms with Crippen LogP contribution in [0.5, 0.6) is 0 Å². The van der Waals surface area contributed by atoms with Crippen molar-refractivity contribution < 1.29 is 9.59 Å². The molecule has 0 bridgehead atoms. The van der Waals surface area contributed by atoms with E-state index in [0.717, 1.165) is 24.9 Å². The fourth-order valence-electron chi connectivity index (χ4n) is 1.85. The minimum atomic E-state index is -0.0657. The smallest absolute Gasteiger partial charge is 0.315 e. The molecule has 0 radical (unpaired) electrons. The van der Waals surface area contributed by atoms with Gasteiger partial charge in [-0.15, -0.1) is 11.8 Å². The Morgan fingerprint density at radius 1 is 1.40 bits per heavy atom. The highest BCUT2D eigenvalue weighted by atomic mass is 32.2. The first-order chi connectivity index (χ1) is 7.31. The number of hydrogen-bond donors (Lipinski definition) is 2. The van der Waals surface area contributed by atoms with Crippen molar-refractivity contribution in [2.75, 3.05) is 5.75 Å². The van der Waals surface area contributed by atoms with Crippen molar-refractivity contribution in [3.05, 3.63) is 11.0 Å². The third kappa shape index (κ3) is 2.34. The van der Waals surface area contributed by atoms with Crippen LogP contribution >= 0.6 is 11.8 Å². The Morgan fingerprint density at radius 2 is 2.27 bits per heavy atom. The van der Waals surface area contributed by atoms with Gasteiger partial charge in [-0.3, -0.25) is 0 Å². The molecule has 2 atom stereocenters. The third-order valence-corrected chi connectivity index (χ3v) is 3.89. The predicted molar refractivity (Wildman–Crippen MR) is 59.7 cm³/mol. The molecule has 2 fully saturated rings. The topological polar surface area (TPSA) is 58.2 Å². The van der Waals surface area contributed by atoms with Gasteiger partial charge >= 0.3 is 6.03 Å². The zero-order valence-corrected chi connectivity index (χ0v) is 9.18. The van der Waals surface area contributed by atoms with Crippen LogP contribution in [0.15, 0.2) is 11.0 Å². The Balaban J connectivity index is 1.87. The van der Waals surface area contributed by atoms with Crippen LogP contribution in [-0.2, 0) is 4.79 Å². The lowest BCUT2D eigenvalue weighted by atomic mass is 10.1. The van der Waals surface area contributed by atoms with Gasteiger partial charge in [0.05, 0.1) is 12.1 Å². The van der Waals surface area contributed by atoms with E-state index < -0.39 is 0 Å². The first kappa shape index (κ1) is 10.5. The fourth-order valence-corrected chi connectivity index (χ4v) is 3.14. The highest BCUT2D eigenvalue weighted by Crippen LogP contribution is 2.33. The summed E-state index contributed by atoms with van der Waals surface area (Å²) in [5.41, 5.74) is 0. The molecule has 0 aromatic carbocycles. The molecular formula is C10H14N2O2S. The fraction of sp³-hybridized carbons (Fsp3) is 0.600. The molecule has 2 rings (SSSR count). The maximum atomic E-state index is 11.1. The van der Waals surface area contributed by atoms with E-state index in [1.54, 1.807) is 11.8 Å². The van der Waals surface area contributed by atoms with Crippen molar-refractivity contribution in [3.8, 4) is 0 Å². The molecule has 0 aromatic heterocycles. The number of carbonyl (C=O) groups excluding carboxylic acids is 2. The van der Waals surface area contributed by atoms with Gasteiger partial charge in [-0.2, -0.15) is 0 Å². The second kappa shape index (κ2) is 4.70. The van der Waals surface area contributed by atoms with Crippen molar-refractivity contribution in [1.82, 2.24) is 10.6 Å². The molecule has 2 aliphatic heterocycles. The van der Waals surface area contributed by atoms with Crippen LogP contribution in [0.25, 0.3) is 0 Å². The molecule has 2 amide bonds. The Hall–Kier alpha value is -0.970. The first-order valence-corrected chi connectivity index (χ1v) is 6.13. The number of hydrogen-bond acceptors (Lipinski definition) is 3. The van der Waals surface area contributed by atoms with Crippen LogP contribution in [-0.4, -0.2) is 30.2 Å². The molecule has 0 aromatic rings. The van der Waals surface area contributed by atoms with Crippen molar-refractivity contribution >= 4 is 24.1 Å². The van der Waals surface area contributed by atoms with Crippen LogP contribution in [0.4, 0.5) is 4.79 Å². The van der Waals surface area contributed by atoms with Gasteiger partial charge in [0.25, 0.3) is 0 Å².